The SMILES string of the molecule is CC(=CC(=O)NNC(=O)c1ccc(Cn2nnc(-c3ccccc3)n2)cc1)c1ccccc1. The average molecular weight is 438 g/mol. The lowest BCUT2D eigenvalue weighted by Gasteiger charge is -2.07. The van der Waals surface area contributed by atoms with Crippen molar-refractivity contribution in [2.45, 2.75) is 13.5 Å². The van der Waals surface area contributed by atoms with Gasteiger partial charge in [0.15, 0.2) is 0 Å². The molecule has 2 N–H and O–H groups in total. The summed E-state index contributed by atoms with van der Waals surface area (Å²) >= 11 is 0. The monoisotopic (exact) mass is 438 g/mol. The molecule has 0 saturated carbocycles. The minimum atomic E-state index is -0.411. The number of nitrogens with one attached hydrogen (secondary N) is 2. The predicted molar refractivity (Wildman–Crippen MR) is 124 cm³/mol. The number of hydrogen-bond donors (Lipinski definition) is 2. The number of hydrogen-bond acceptors (Lipinski definition) is 5. The maximum absolute atomic E-state index is 12.3. The van der Waals surface area contributed by atoms with Crippen LogP contribution >= 0.6 is 0 Å². The van der Waals surface area contributed by atoms with Crippen LogP contribution in [0.3, 0.4) is 0 Å². The van der Waals surface area contributed by atoms with Gasteiger partial charge in [0.2, 0.25) is 5.82 Å². The maximum Gasteiger partial charge on any atom is 0.269 e. The van der Waals surface area contributed by atoms with E-state index < -0.39 is 11.8 Å². The molecule has 0 saturated heterocycles. The molecule has 2 amide bonds. The quantitative estimate of drug-likeness (QED) is 0.355. The lowest BCUT2D eigenvalue weighted by molar-refractivity contribution is -0.117. The van der Waals surface area contributed by atoms with Gasteiger partial charge in [0.1, 0.15) is 0 Å². The molecule has 3 aromatic carbocycles. The lowest BCUT2D eigenvalue weighted by Crippen LogP contribution is -2.40. The van der Waals surface area contributed by atoms with Crippen LogP contribution in [0, 0.1) is 0 Å². The Balaban J connectivity index is 1.31. The number of carbonyl (C=O) groups excluding carboxylic acids is 2. The second-order valence-electron chi connectivity index (χ2n) is 7.34. The van der Waals surface area contributed by atoms with Gasteiger partial charge in [0.25, 0.3) is 11.8 Å². The highest BCUT2D eigenvalue weighted by molar-refractivity contribution is 5.99. The van der Waals surface area contributed by atoms with Gasteiger partial charge < -0.3 is 0 Å². The van der Waals surface area contributed by atoms with E-state index in [0.717, 1.165) is 22.3 Å². The Morgan fingerprint density at radius 2 is 1.52 bits per heavy atom. The zero-order chi connectivity index (χ0) is 23.0. The molecule has 0 bridgehead atoms. The van der Waals surface area contributed by atoms with Crippen molar-refractivity contribution in [3.63, 3.8) is 0 Å². The van der Waals surface area contributed by atoms with Crippen molar-refractivity contribution in [1.29, 1.82) is 0 Å². The van der Waals surface area contributed by atoms with Crippen molar-refractivity contribution in [2.24, 2.45) is 0 Å². The van der Waals surface area contributed by atoms with E-state index in [1.807, 2.05) is 79.7 Å². The summed E-state index contributed by atoms with van der Waals surface area (Å²) in [5, 5.41) is 12.6. The molecule has 0 spiro atoms. The van der Waals surface area contributed by atoms with E-state index in [9.17, 15) is 9.59 Å². The fourth-order valence-electron chi connectivity index (χ4n) is 3.15. The maximum atomic E-state index is 12.3. The van der Waals surface area contributed by atoms with Crippen LogP contribution in [0.1, 0.15) is 28.4 Å². The summed E-state index contributed by atoms with van der Waals surface area (Å²) in [6, 6.07) is 26.1. The number of tetrazole rings is 1. The van der Waals surface area contributed by atoms with Gasteiger partial charge in [-0.25, -0.2) is 0 Å². The summed E-state index contributed by atoms with van der Waals surface area (Å²) in [6.45, 7) is 2.25. The first-order valence-corrected chi connectivity index (χ1v) is 10.3. The van der Waals surface area contributed by atoms with Gasteiger partial charge in [-0.1, -0.05) is 72.8 Å². The molecule has 1 aromatic heterocycles. The lowest BCUT2D eigenvalue weighted by atomic mass is 10.1. The molecular weight excluding hydrogens is 416 g/mol. The van der Waals surface area contributed by atoms with Crippen molar-refractivity contribution in [2.75, 3.05) is 0 Å². The summed E-state index contributed by atoms with van der Waals surface area (Å²) in [7, 11) is 0. The largest absolute Gasteiger partial charge is 0.269 e. The third-order valence-electron chi connectivity index (χ3n) is 4.90. The van der Waals surface area contributed by atoms with E-state index in [1.165, 1.54) is 10.9 Å². The normalized spacial score (nSPS) is 11.1. The average Bonchev–Trinajstić information content (AvgIpc) is 3.32. The molecule has 8 heteroatoms. The summed E-state index contributed by atoms with van der Waals surface area (Å²) in [6.07, 6.45) is 1.44. The van der Waals surface area contributed by atoms with Gasteiger partial charge in [0, 0.05) is 17.2 Å². The summed E-state index contributed by atoms with van der Waals surface area (Å²) in [4.78, 5) is 25.9. The van der Waals surface area contributed by atoms with Crippen LogP contribution in [0.2, 0.25) is 0 Å². The van der Waals surface area contributed by atoms with E-state index >= 15 is 0 Å². The number of carbonyl (C=O) groups is 2. The van der Waals surface area contributed by atoms with Crippen molar-refractivity contribution < 1.29 is 9.59 Å². The van der Waals surface area contributed by atoms with Gasteiger partial charge in [-0.3, -0.25) is 20.4 Å². The van der Waals surface area contributed by atoms with Crippen LogP contribution in [0.5, 0.6) is 0 Å². The van der Waals surface area contributed by atoms with Gasteiger partial charge in [-0.05, 0) is 41.0 Å². The standard InChI is InChI=1S/C25H22N6O2/c1-18(20-8-4-2-5-9-20)16-23(32)26-28-25(33)22-14-12-19(13-15-22)17-31-29-24(27-30-31)21-10-6-3-7-11-21/h2-16H,17H2,1H3,(H,26,32)(H,28,33). The molecule has 0 atom stereocenters. The topological polar surface area (TPSA) is 102 Å². The van der Waals surface area contributed by atoms with Crippen LogP contribution in [-0.2, 0) is 11.3 Å². The van der Waals surface area contributed by atoms with Gasteiger partial charge >= 0.3 is 0 Å². The van der Waals surface area contributed by atoms with Crippen molar-refractivity contribution >= 4 is 17.4 Å². The van der Waals surface area contributed by atoms with Gasteiger partial charge in [-0.15, -0.1) is 10.2 Å². The fraction of sp³-hybridized carbons (Fsp3) is 0.0800. The first-order valence-electron chi connectivity index (χ1n) is 10.3. The molecule has 0 radical (unpaired) electrons. The third-order valence-corrected chi connectivity index (χ3v) is 4.90. The van der Waals surface area contributed by atoms with Crippen LogP contribution < -0.4 is 10.9 Å². The second kappa shape index (κ2) is 10.1. The van der Waals surface area contributed by atoms with Crippen LogP contribution in [0.25, 0.3) is 17.0 Å². The second-order valence-corrected chi connectivity index (χ2v) is 7.34. The Labute approximate surface area is 190 Å². The molecule has 0 fully saturated rings. The minimum Gasteiger partial charge on any atom is -0.268 e. The molecule has 0 unspecified atom stereocenters. The Hall–Kier alpha value is -4.59. The van der Waals surface area contributed by atoms with E-state index in [2.05, 4.69) is 26.3 Å². The Morgan fingerprint density at radius 3 is 2.21 bits per heavy atom. The van der Waals surface area contributed by atoms with Gasteiger partial charge in [0.05, 0.1) is 6.54 Å². The molecule has 4 aromatic rings. The number of rotatable bonds is 6. The van der Waals surface area contributed by atoms with E-state index in [-0.39, 0.29) is 0 Å². The molecule has 0 aliphatic carbocycles. The summed E-state index contributed by atoms with van der Waals surface area (Å²) < 4.78 is 0. The summed E-state index contributed by atoms with van der Waals surface area (Å²) in [5.41, 5.74) is 8.79. The zero-order valence-corrected chi connectivity index (χ0v) is 18.0. The number of amides is 2. The van der Waals surface area contributed by atoms with Crippen LogP contribution in [0.15, 0.2) is 91.0 Å². The third kappa shape index (κ3) is 5.76. The predicted octanol–water partition coefficient (Wildman–Crippen LogP) is 3.25. The number of nitrogens with zero attached hydrogens (tertiary/aromatic N) is 4. The number of hydrazine groups is 1. The molecule has 0 aliphatic rings. The number of allylic oxidation sites excluding steroid dienone is 1. The summed E-state index contributed by atoms with van der Waals surface area (Å²) in [5.74, 6) is -0.266. The van der Waals surface area contributed by atoms with Crippen molar-refractivity contribution in [3.8, 4) is 11.4 Å². The van der Waals surface area contributed by atoms with Crippen LogP contribution in [-0.4, -0.2) is 32.0 Å². The molecule has 4 rings (SSSR count). The highest BCUT2D eigenvalue weighted by Crippen LogP contribution is 2.13. The van der Waals surface area contributed by atoms with Crippen LogP contribution in [0.4, 0.5) is 0 Å². The van der Waals surface area contributed by atoms with E-state index in [1.54, 1.807) is 12.1 Å². The fourth-order valence-corrected chi connectivity index (χ4v) is 3.15. The van der Waals surface area contributed by atoms with E-state index in [0.29, 0.717) is 17.9 Å². The Kier molecular flexibility index (Phi) is 6.65. The van der Waals surface area contributed by atoms with E-state index in [4.69, 9.17) is 0 Å². The Bertz CT molecular complexity index is 1270. The number of aromatic nitrogens is 4. The number of benzene rings is 3. The smallest absolute Gasteiger partial charge is 0.268 e. The molecular formula is C25H22N6O2. The molecule has 164 valence electrons. The molecule has 0 aliphatic heterocycles. The first-order chi connectivity index (χ1) is 16.1. The van der Waals surface area contributed by atoms with Crippen molar-refractivity contribution in [1.82, 2.24) is 31.1 Å². The highest BCUT2D eigenvalue weighted by Gasteiger charge is 2.09. The molecule has 33 heavy (non-hydrogen) atoms. The van der Waals surface area contributed by atoms with Gasteiger partial charge in [-0.2, -0.15) is 4.80 Å². The molecule has 1 heterocycles. The first kappa shape index (κ1) is 21.6. The van der Waals surface area contributed by atoms with Crippen molar-refractivity contribution in [3.05, 3.63) is 108 Å². The molecule has 8 nitrogen and oxygen atoms in total. The minimum absolute atomic E-state index is 0.409. The zero-order valence-electron chi connectivity index (χ0n) is 18.0. The Morgan fingerprint density at radius 1 is 0.848 bits per heavy atom. The highest BCUT2D eigenvalue weighted by atomic mass is 16.2.